The minimum atomic E-state index is -1.34. The lowest BCUT2D eigenvalue weighted by Crippen LogP contribution is -2.57. The van der Waals surface area contributed by atoms with Gasteiger partial charge in [0.15, 0.2) is 0 Å². The van der Waals surface area contributed by atoms with Crippen LogP contribution >= 0.6 is 11.8 Å². The van der Waals surface area contributed by atoms with Gasteiger partial charge in [-0.25, -0.2) is 0 Å². The summed E-state index contributed by atoms with van der Waals surface area (Å²) in [5.41, 5.74) is -0.738. The van der Waals surface area contributed by atoms with Crippen LogP contribution < -0.4 is 0 Å². The maximum atomic E-state index is 9.85. The molecule has 5 unspecified atom stereocenters. The average molecular weight is 280 g/mol. The highest BCUT2D eigenvalue weighted by Crippen LogP contribution is 2.37. The SMILES string of the molecule is OCC1O[C@@H](SC2CCCC2O)C(O)C(O)[C@H]1O. The predicted molar refractivity (Wildman–Crippen MR) is 65.0 cm³/mol. The van der Waals surface area contributed by atoms with Crippen LogP contribution in [-0.2, 0) is 4.74 Å². The van der Waals surface area contributed by atoms with E-state index in [-0.39, 0.29) is 5.25 Å². The molecule has 2 rings (SSSR count). The first-order chi connectivity index (χ1) is 8.54. The van der Waals surface area contributed by atoms with Gasteiger partial charge in [-0.05, 0) is 19.3 Å². The fourth-order valence-electron chi connectivity index (χ4n) is 2.42. The van der Waals surface area contributed by atoms with Crippen LogP contribution in [-0.4, -0.2) is 73.3 Å². The average Bonchev–Trinajstić information content (AvgIpc) is 2.76. The summed E-state index contributed by atoms with van der Waals surface area (Å²) in [4.78, 5) is 0. The first kappa shape index (κ1) is 14.5. The van der Waals surface area contributed by atoms with Crippen molar-refractivity contribution in [3.63, 3.8) is 0 Å². The molecule has 0 amide bonds. The van der Waals surface area contributed by atoms with Crippen molar-refractivity contribution < 1.29 is 30.3 Å². The van der Waals surface area contributed by atoms with Crippen molar-refractivity contribution in [2.45, 2.75) is 60.5 Å². The Morgan fingerprint density at radius 3 is 2.28 bits per heavy atom. The number of hydrogen-bond donors (Lipinski definition) is 5. The second-order valence-electron chi connectivity index (χ2n) is 4.87. The molecule has 1 saturated heterocycles. The Labute approximate surface area is 110 Å². The number of rotatable bonds is 3. The van der Waals surface area contributed by atoms with E-state index in [1.165, 1.54) is 11.8 Å². The summed E-state index contributed by atoms with van der Waals surface area (Å²) in [6, 6.07) is 0. The van der Waals surface area contributed by atoms with E-state index in [1.807, 2.05) is 0 Å². The van der Waals surface area contributed by atoms with E-state index in [1.54, 1.807) is 0 Å². The fraction of sp³-hybridized carbons (Fsp3) is 1.00. The second kappa shape index (κ2) is 6.04. The van der Waals surface area contributed by atoms with Crippen LogP contribution in [0.4, 0.5) is 0 Å². The summed E-state index contributed by atoms with van der Waals surface area (Å²) in [6.07, 6.45) is -2.70. The van der Waals surface area contributed by atoms with Crippen molar-refractivity contribution in [3.05, 3.63) is 0 Å². The molecule has 1 saturated carbocycles. The highest BCUT2D eigenvalue weighted by molar-refractivity contribution is 8.00. The second-order valence-corrected chi connectivity index (χ2v) is 6.21. The molecular formula is C11H20O6S. The fourth-order valence-corrected chi connectivity index (χ4v) is 3.91. The number of thioether (sulfide) groups is 1. The lowest BCUT2D eigenvalue weighted by atomic mass is 10.0. The first-order valence-electron chi connectivity index (χ1n) is 6.18. The topological polar surface area (TPSA) is 110 Å². The van der Waals surface area contributed by atoms with Gasteiger partial charge >= 0.3 is 0 Å². The molecule has 0 bridgehead atoms. The van der Waals surface area contributed by atoms with Gasteiger partial charge in [-0.2, -0.15) is 0 Å². The van der Waals surface area contributed by atoms with Crippen LogP contribution in [0.2, 0.25) is 0 Å². The van der Waals surface area contributed by atoms with Crippen molar-refractivity contribution in [2.24, 2.45) is 0 Å². The largest absolute Gasteiger partial charge is 0.394 e. The molecule has 0 aromatic rings. The highest BCUT2D eigenvalue weighted by Gasteiger charge is 2.45. The van der Waals surface area contributed by atoms with Gasteiger partial charge in [0, 0.05) is 5.25 Å². The summed E-state index contributed by atoms with van der Waals surface area (Å²) in [5.74, 6) is 0. The third-order valence-corrected chi connectivity index (χ3v) is 5.13. The van der Waals surface area contributed by atoms with E-state index in [0.717, 1.165) is 19.3 Å². The van der Waals surface area contributed by atoms with E-state index in [0.29, 0.717) is 0 Å². The molecule has 6 nitrogen and oxygen atoms in total. The minimum Gasteiger partial charge on any atom is -0.394 e. The first-order valence-corrected chi connectivity index (χ1v) is 7.13. The highest BCUT2D eigenvalue weighted by atomic mass is 32.2. The van der Waals surface area contributed by atoms with Crippen molar-refractivity contribution in [2.75, 3.05) is 6.61 Å². The molecule has 0 radical (unpaired) electrons. The molecule has 0 aromatic carbocycles. The predicted octanol–water partition coefficient (Wildman–Crippen LogP) is -1.57. The molecule has 0 spiro atoms. The Hall–Kier alpha value is 0.110. The summed E-state index contributed by atoms with van der Waals surface area (Å²) in [7, 11) is 0. The van der Waals surface area contributed by atoms with Crippen LogP contribution in [0.25, 0.3) is 0 Å². The molecule has 1 heterocycles. The molecule has 7 heteroatoms. The molecule has 0 aromatic heterocycles. The summed E-state index contributed by atoms with van der Waals surface area (Å²) < 4.78 is 5.38. The Morgan fingerprint density at radius 1 is 1.00 bits per heavy atom. The molecule has 1 aliphatic carbocycles. The van der Waals surface area contributed by atoms with Crippen molar-refractivity contribution >= 4 is 11.8 Å². The quantitative estimate of drug-likeness (QED) is 0.425. The van der Waals surface area contributed by atoms with Crippen LogP contribution in [0, 0.1) is 0 Å². The van der Waals surface area contributed by atoms with E-state index < -0.39 is 42.6 Å². The molecular weight excluding hydrogens is 260 g/mol. The molecule has 106 valence electrons. The van der Waals surface area contributed by atoms with Gasteiger partial charge in [0.05, 0.1) is 12.7 Å². The number of hydrogen-bond acceptors (Lipinski definition) is 7. The third kappa shape index (κ3) is 2.82. The molecule has 1 aliphatic heterocycles. The normalized spacial score (nSPS) is 49.5. The minimum absolute atomic E-state index is 0.0357. The maximum Gasteiger partial charge on any atom is 0.132 e. The van der Waals surface area contributed by atoms with Gasteiger partial charge < -0.3 is 30.3 Å². The summed E-state index contributed by atoms with van der Waals surface area (Å²) in [6.45, 7) is -0.421. The molecule has 2 aliphatic rings. The lowest BCUT2D eigenvalue weighted by molar-refractivity contribution is -0.205. The zero-order valence-electron chi connectivity index (χ0n) is 9.92. The van der Waals surface area contributed by atoms with Gasteiger partial charge in [0.25, 0.3) is 0 Å². The zero-order valence-corrected chi connectivity index (χ0v) is 10.7. The van der Waals surface area contributed by atoms with Crippen molar-refractivity contribution in [1.82, 2.24) is 0 Å². The maximum absolute atomic E-state index is 9.85. The van der Waals surface area contributed by atoms with Crippen LogP contribution in [0.15, 0.2) is 0 Å². The number of aliphatic hydroxyl groups is 5. The Morgan fingerprint density at radius 2 is 1.72 bits per heavy atom. The van der Waals surface area contributed by atoms with Crippen molar-refractivity contribution in [1.29, 1.82) is 0 Å². The van der Waals surface area contributed by atoms with E-state index in [2.05, 4.69) is 0 Å². The van der Waals surface area contributed by atoms with Gasteiger partial charge in [-0.3, -0.25) is 0 Å². The number of aliphatic hydroxyl groups excluding tert-OH is 5. The Bertz CT molecular complexity index is 276. The summed E-state index contributed by atoms with van der Waals surface area (Å²) >= 11 is 1.26. The van der Waals surface area contributed by atoms with E-state index >= 15 is 0 Å². The smallest absolute Gasteiger partial charge is 0.132 e. The van der Waals surface area contributed by atoms with E-state index in [9.17, 15) is 20.4 Å². The van der Waals surface area contributed by atoms with Gasteiger partial charge in [0.1, 0.15) is 29.9 Å². The summed E-state index contributed by atoms with van der Waals surface area (Å²) in [5, 5.41) is 47.9. The van der Waals surface area contributed by atoms with Gasteiger partial charge in [0.2, 0.25) is 0 Å². The monoisotopic (exact) mass is 280 g/mol. The van der Waals surface area contributed by atoms with Crippen LogP contribution in [0.1, 0.15) is 19.3 Å². The molecule has 18 heavy (non-hydrogen) atoms. The van der Waals surface area contributed by atoms with Gasteiger partial charge in [-0.15, -0.1) is 11.8 Å². The molecule has 5 N–H and O–H groups in total. The van der Waals surface area contributed by atoms with Crippen LogP contribution in [0.3, 0.4) is 0 Å². The van der Waals surface area contributed by atoms with Gasteiger partial charge in [-0.1, -0.05) is 0 Å². The number of ether oxygens (including phenoxy) is 1. The third-order valence-electron chi connectivity index (χ3n) is 3.58. The molecule has 2 fully saturated rings. The lowest BCUT2D eigenvalue weighted by Gasteiger charge is -2.40. The standard InChI is InChI=1S/C11H20O6S/c12-4-6-8(14)9(15)10(16)11(17-6)18-7-3-1-2-5(7)13/h5-16H,1-4H2/t5?,6?,7?,8-,9?,10?,11-/m0/s1. The van der Waals surface area contributed by atoms with E-state index in [4.69, 9.17) is 9.84 Å². The zero-order chi connectivity index (χ0) is 13.3. The Balaban J connectivity index is 1.98. The van der Waals surface area contributed by atoms with Crippen LogP contribution in [0.5, 0.6) is 0 Å². The molecule has 7 atom stereocenters. The Kier molecular flexibility index (Phi) is 4.87. The van der Waals surface area contributed by atoms with Crippen molar-refractivity contribution in [3.8, 4) is 0 Å².